The van der Waals surface area contributed by atoms with Crippen LogP contribution in [0.5, 0.6) is 0 Å². The van der Waals surface area contributed by atoms with Crippen molar-refractivity contribution >= 4 is 11.6 Å². The average Bonchev–Trinajstić information content (AvgIpc) is 2.45. The summed E-state index contributed by atoms with van der Waals surface area (Å²) in [5.74, 6) is 1.53. The van der Waals surface area contributed by atoms with Crippen LogP contribution in [0.3, 0.4) is 0 Å². The van der Waals surface area contributed by atoms with Crippen LogP contribution in [-0.2, 0) is 4.74 Å². The van der Waals surface area contributed by atoms with E-state index in [0.717, 1.165) is 24.6 Å². The molecule has 1 N–H and O–H groups in total. The fraction of sp³-hybridized carbons (Fsp3) is 0.615. The standard InChI is InChI=1S/C13H21N5O/c1-3-6-16-12-10-15-11-13(17-12)18(7-4-5-14)8-9-19-2/h10-11H,3-4,6-9H2,1-2H3,(H,16,17). The Bertz CT molecular complexity index is 404. The minimum Gasteiger partial charge on any atom is -0.383 e. The first-order chi connectivity index (χ1) is 9.31. The summed E-state index contributed by atoms with van der Waals surface area (Å²) < 4.78 is 5.08. The van der Waals surface area contributed by atoms with Gasteiger partial charge in [-0.25, -0.2) is 4.98 Å². The van der Waals surface area contributed by atoms with Gasteiger partial charge in [-0.05, 0) is 6.42 Å². The highest BCUT2D eigenvalue weighted by Gasteiger charge is 2.08. The molecule has 1 aromatic heterocycles. The highest BCUT2D eigenvalue weighted by Crippen LogP contribution is 2.12. The summed E-state index contributed by atoms with van der Waals surface area (Å²) in [4.78, 5) is 10.7. The van der Waals surface area contributed by atoms with Gasteiger partial charge in [0.2, 0.25) is 0 Å². The third-order valence-corrected chi connectivity index (χ3v) is 2.56. The van der Waals surface area contributed by atoms with Crippen LogP contribution in [0.2, 0.25) is 0 Å². The topological polar surface area (TPSA) is 74.1 Å². The monoisotopic (exact) mass is 263 g/mol. The molecular weight excluding hydrogens is 242 g/mol. The molecule has 0 saturated carbocycles. The maximum Gasteiger partial charge on any atom is 0.149 e. The van der Waals surface area contributed by atoms with Crippen LogP contribution in [-0.4, -0.2) is 43.3 Å². The summed E-state index contributed by atoms with van der Waals surface area (Å²) in [6.07, 6.45) is 4.91. The van der Waals surface area contributed by atoms with E-state index in [1.807, 2.05) is 4.90 Å². The molecule has 104 valence electrons. The third kappa shape index (κ3) is 5.53. The van der Waals surface area contributed by atoms with Gasteiger partial charge in [-0.2, -0.15) is 5.26 Å². The van der Waals surface area contributed by atoms with E-state index in [1.165, 1.54) is 0 Å². The fourth-order valence-electron chi connectivity index (χ4n) is 1.57. The predicted octanol–water partition coefficient (Wildman–Crippen LogP) is 1.66. The Morgan fingerprint density at radius 1 is 1.42 bits per heavy atom. The van der Waals surface area contributed by atoms with Gasteiger partial charge in [0.15, 0.2) is 0 Å². The van der Waals surface area contributed by atoms with E-state index >= 15 is 0 Å². The van der Waals surface area contributed by atoms with Gasteiger partial charge in [-0.3, -0.25) is 4.98 Å². The second kappa shape index (κ2) is 9.11. The second-order valence-electron chi connectivity index (χ2n) is 4.08. The van der Waals surface area contributed by atoms with Crippen LogP contribution in [0.15, 0.2) is 12.4 Å². The van der Waals surface area contributed by atoms with E-state index in [9.17, 15) is 0 Å². The molecule has 0 aliphatic rings. The zero-order valence-corrected chi connectivity index (χ0v) is 11.6. The molecule has 0 aliphatic carbocycles. The van der Waals surface area contributed by atoms with E-state index in [2.05, 4.69) is 28.3 Å². The van der Waals surface area contributed by atoms with Crippen molar-refractivity contribution in [2.45, 2.75) is 19.8 Å². The molecule has 0 amide bonds. The van der Waals surface area contributed by atoms with E-state index < -0.39 is 0 Å². The molecule has 0 spiro atoms. The maximum atomic E-state index is 8.70. The average molecular weight is 263 g/mol. The van der Waals surface area contributed by atoms with Crippen LogP contribution in [0.4, 0.5) is 11.6 Å². The molecule has 1 rings (SSSR count). The van der Waals surface area contributed by atoms with Crippen molar-refractivity contribution in [2.75, 3.05) is 43.6 Å². The molecule has 6 heteroatoms. The van der Waals surface area contributed by atoms with Gasteiger partial charge >= 0.3 is 0 Å². The number of methoxy groups -OCH3 is 1. The summed E-state index contributed by atoms with van der Waals surface area (Å²) in [5, 5.41) is 11.9. The lowest BCUT2D eigenvalue weighted by Gasteiger charge is -2.22. The predicted molar refractivity (Wildman–Crippen MR) is 75.1 cm³/mol. The number of hydrogen-bond donors (Lipinski definition) is 1. The normalized spacial score (nSPS) is 9.95. The van der Waals surface area contributed by atoms with Crippen LogP contribution in [0.25, 0.3) is 0 Å². The van der Waals surface area contributed by atoms with Gasteiger partial charge in [0.1, 0.15) is 11.6 Å². The molecule has 0 aromatic carbocycles. The quantitative estimate of drug-likeness (QED) is 0.730. The molecule has 0 atom stereocenters. The zero-order valence-electron chi connectivity index (χ0n) is 11.6. The highest BCUT2D eigenvalue weighted by atomic mass is 16.5. The minimum absolute atomic E-state index is 0.456. The second-order valence-corrected chi connectivity index (χ2v) is 4.08. The molecule has 19 heavy (non-hydrogen) atoms. The highest BCUT2D eigenvalue weighted by molar-refractivity contribution is 5.43. The molecule has 0 saturated heterocycles. The Hall–Kier alpha value is -1.87. The lowest BCUT2D eigenvalue weighted by Crippen LogP contribution is -2.29. The SMILES string of the molecule is CCCNc1cncc(N(CCC#N)CCOC)n1. The molecule has 0 aliphatic heterocycles. The number of nitrogens with zero attached hydrogens (tertiary/aromatic N) is 4. The van der Waals surface area contributed by atoms with Gasteiger partial charge in [0.05, 0.1) is 31.5 Å². The molecule has 0 fully saturated rings. The summed E-state index contributed by atoms with van der Waals surface area (Å²) in [7, 11) is 1.66. The molecule has 1 heterocycles. The molecular formula is C13H21N5O. The number of ether oxygens (including phenoxy) is 1. The summed E-state index contributed by atoms with van der Waals surface area (Å²) in [6.45, 7) is 4.89. The first-order valence-electron chi connectivity index (χ1n) is 6.48. The van der Waals surface area contributed by atoms with E-state index in [1.54, 1.807) is 19.5 Å². The van der Waals surface area contributed by atoms with Crippen molar-refractivity contribution in [1.82, 2.24) is 9.97 Å². The summed E-state index contributed by atoms with van der Waals surface area (Å²) >= 11 is 0. The lowest BCUT2D eigenvalue weighted by atomic mass is 10.4. The smallest absolute Gasteiger partial charge is 0.149 e. The van der Waals surface area contributed by atoms with Crippen molar-refractivity contribution in [3.8, 4) is 6.07 Å². The number of nitrogens with one attached hydrogen (secondary N) is 1. The number of rotatable bonds is 9. The first kappa shape index (κ1) is 15.2. The van der Waals surface area contributed by atoms with E-state index in [0.29, 0.717) is 26.1 Å². The number of aromatic nitrogens is 2. The van der Waals surface area contributed by atoms with Gasteiger partial charge < -0.3 is 15.0 Å². The molecule has 0 bridgehead atoms. The van der Waals surface area contributed by atoms with Gasteiger partial charge in [-0.15, -0.1) is 0 Å². The zero-order chi connectivity index (χ0) is 13.9. The van der Waals surface area contributed by atoms with E-state index in [-0.39, 0.29) is 0 Å². The van der Waals surface area contributed by atoms with Crippen LogP contribution >= 0.6 is 0 Å². The van der Waals surface area contributed by atoms with Gasteiger partial charge in [-0.1, -0.05) is 6.92 Å². The first-order valence-corrected chi connectivity index (χ1v) is 6.48. The van der Waals surface area contributed by atoms with Crippen molar-refractivity contribution in [3.05, 3.63) is 12.4 Å². The Labute approximate surface area is 114 Å². The Morgan fingerprint density at radius 3 is 2.95 bits per heavy atom. The van der Waals surface area contributed by atoms with Crippen LogP contribution < -0.4 is 10.2 Å². The Morgan fingerprint density at radius 2 is 2.26 bits per heavy atom. The number of nitriles is 1. The summed E-state index contributed by atoms with van der Waals surface area (Å²) in [5.41, 5.74) is 0. The van der Waals surface area contributed by atoms with Crippen molar-refractivity contribution < 1.29 is 4.74 Å². The van der Waals surface area contributed by atoms with Gasteiger partial charge in [0.25, 0.3) is 0 Å². The van der Waals surface area contributed by atoms with Crippen molar-refractivity contribution in [2.24, 2.45) is 0 Å². The van der Waals surface area contributed by atoms with Crippen LogP contribution in [0.1, 0.15) is 19.8 Å². The largest absolute Gasteiger partial charge is 0.383 e. The minimum atomic E-state index is 0.456. The number of anilines is 2. The molecule has 0 unspecified atom stereocenters. The Kier molecular flexibility index (Phi) is 7.28. The van der Waals surface area contributed by atoms with Gasteiger partial charge in [0, 0.05) is 26.7 Å². The van der Waals surface area contributed by atoms with E-state index in [4.69, 9.17) is 10.00 Å². The maximum absolute atomic E-state index is 8.70. The number of hydrogen-bond acceptors (Lipinski definition) is 6. The van der Waals surface area contributed by atoms with Crippen LogP contribution in [0, 0.1) is 11.3 Å². The van der Waals surface area contributed by atoms with Crippen molar-refractivity contribution in [3.63, 3.8) is 0 Å². The third-order valence-electron chi connectivity index (χ3n) is 2.56. The molecule has 6 nitrogen and oxygen atoms in total. The fourth-order valence-corrected chi connectivity index (χ4v) is 1.57. The lowest BCUT2D eigenvalue weighted by molar-refractivity contribution is 0.205. The molecule has 1 aromatic rings. The van der Waals surface area contributed by atoms with Crippen molar-refractivity contribution in [1.29, 1.82) is 5.26 Å². The Balaban J connectivity index is 2.73. The summed E-state index contributed by atoms with van der Waals surface area (Å²) in [6, 6.07) is 2.15. The molecule has 0 radical (unpaired) electrons.